The number of aldehydes is 1. The Hall–Kier alpha value is -3.72. The van der Waals surface area contributed by atoms with Crippen molar-refractivity contribution >= 4 is 40.4 Å². The number of fused-ring (bicyclic) bond motifs is 1. The number of hydrogen-bond donors (Lipinski definition) is 1. The van der Waals surface area contributed by atoms with Gasteiger partial charge in [-0.2, -0.15) is 0 Å². The smallest absolute Gasteiger partial charge is 0.274 e. The molecule has 4 rings (SSSR count). The number of aryl methyl sites for hydroxylation is 1. The SMILES string of the molecule is Cn1cnnc1SCc1cccc(NC(=O)c2cc3cc(OCC=O)ccc3cn2)c1. The first-order chi connectivity index (χ1) is 15.1. The molecule has 2 heterocycles. The summed E-state index contributed by atoms with van der Waals surface area (Å²) in [7, 11) is 1.90. The summed E-state index contributed by atoms with van der Waals surface area (Å²) in [5.41, 5.74) is 2.03. The zero-order chi connectivity index (χ0) is 21.6. The summed E-state index contributed by atoms with van der Waals surface area (Å²) in [5, 5.41) is 13.3. The molecule has 0 aliphatic rings. The van der Waals surface area contributed by atoms with E-state index in [-0.39, 0.29) is 12.5 Å². The minimum atomic E-state index is -0.306. The van der Waals surface area contributed by atoms with Crippen LogP contribution in [0.5, 0.6) is 5.75 Å². The lowest BCUT2D eigenvalue weighted by molar-refractivity contribution is -0.109. The molecule has 0 aliphatic carbocycles. The van der Waals surface area contributed by atoms with Crippen molar-refractivity contribution in [2.45, 2.75) is 10.9 Å². The van der Waals surface area contributed by atoms with Crippen LogP contribution in [0.25, 0.3) is 10.8 Å². The highest BCUT2D eigenvalue weighted by Gasteiger charge is 2.10. The number of nitrogens with zero attached hydrogens (tertiary/aromatic N) is 4. The van der Waals surface area contributed by atoms with Gasteiger partial charge in [0.25, 0.3) is 5.91 Å². The molecule has 2 aromatic heterocycles. The first-order valence-electron chi connectivity index (χ1n) is 9.46. The largest absolute Gasteiger partial charge is 0.486 e. The zero-order valence-corrected chi connectivity index (χ0v) is 17.5. The number of nitrogens with one attached hydrogen (secondary N) is 1. The number of carbonyl (C=O) groups is 2. The van der Waals surface area contributed by atoms with Crippen molar-refractivity contribution < 1.29 is 14.3 Å². The maximum Gasteiger partial charge on any atom is 0.274 e. The summed E-state index contributed by atoms with van der Waals surface area (Å²) in [6.45, 7) is -0.0186. The zero-order valence-electron chi connectivity index (χ0n) is 16.7. The van der Waals surface area contributed by atoms with Gasteiger partial charge in [-0.1, -0.05) is 23.9 Å². The van der Waals surface area contributed by atoms with Gasteiger partial charge < -0.3 is 14.6 Å². The van der Waals surface area contributed by atoms with Crippen molar-refractivity contribution in [3.63, 3.8) is 0 Å². The summed E-state index contributed by atoms with van der Waals surface area (Å²) in [4.78, 5) is 27.5. The second-order valence-electron chi connectivity index (χ2n) is 6.72. The molecular formula is C22H19N5O3S. The van der Waals surface area contributed by atoms with E-state index in [2.05, 4.69) is 20.5 Å². The Labute approximate surface area is 182 Å². The van der Waals surface area contributed by atoms with Crippen LogP contribution < -0.4 is 10.1 Å². The van der Waals surface area contributed by atoms with Gasteiger partial charge in [-0.25, -0.2) is 0 Å². The number of rotatable bonds is 8. The predicted molar refractivity (Wildman–Crippen MR) is 118 cm³/mol. The summed E-state index contributed by atoms with van der Waals surface area (Å²) in [6.07, 6.45) is 3.99. The highest BCUT2D eigenvalue weighted by atomic mass is 32.2. The number of aromatic nitrogens is 4. The van der Waals surface area contributed by atoms with Gasteiger partial charge in [0.05, 0.1) is 0 Å². The highest BCUT2D eigenvalue weighted by Crippen LogP contribution is 2.23. The fourth-order valence-electron chi connectivity index (χ4n) is 2.95. The van der Waals surface area contributed by atoms with E-state index in [1.165, 1.54) is 0 Å². The quantitative estimate of drug-likeness (QED) is 0.335. The van der Waals surface area contributed by atoms with E-state index >= 15 is 0 Å². The highest BCUT2D eigenvalue weighted by molar-refractivity contribution is 7.98. The van der Waals surface area contributed by atoms with Crippen LogP contribution in [0.1, 0.15) is 16.1 Å². The van der Waals surface area contributed by atoms with Crippen molar-refractivity contribution in [1.82, 2.24) is 19.7 Å². The third-order valence-electron chi connectivity index (χ3n) is 4.47. The standard InChI is InChI=1S/C22H19N5O3S/c1-27-14-24-26-22(27)31-13-15-3-2-4-18(9-15)25-21(29)20-11-17-10-19(30-8-7-28)6-5-16(17)12-23-20/h2-7,9-12,14H,8,13H2,1H3,(H,25,29). The Bertz CT molecular complexity index is 1240. The van der Waals surface area contributed by atoms with Crippen molar-refractivity contribution in [2.75, 3.05) is 11.9 Å². The van der Waals surface area contributed by atoms with Crippen LogP contribution in [-0.4, -0.2) is 38.5 Å². The molecule has 0 unspecified atom stereocenters. The van der Waals surface area contributed by atoms with Crippen molar-refractivity contribution in [2.24, 2.45) is 7.05 Å². The van der Waals surface area contributed by atoms with E-state index < -0.39 is 0 Å². The Morgan fingerprint density at radius 2 is 2.10 bits per heavy atom. The van der Waals surface area contributed by atoms with Crippen molar-refractivity contribution in [1.29, 1.82) is 0 Å². The molecule has 4 aromatic rings. The average Bonchev–Trinajstić information content (AvgIpc) is 3.20. The Morgan fingerprint density at radius 1 is 1.19 bits per heavy atom. The topological polar surface area (TPSA) is 99.0 Å². The van der Waals surface area contributed by atoms with Gasteiger partial charge in [-0.05, 0) is 47.3 Å². The minimum Gasteiger partial charge on any atom is -0.486 e. The van der Waals surface area contributed by atoms with E-state index in [1.807, 2.05) is 41.9 Å². The average molecular weight is 433 g/mol. The number of ether oxygens (including phenoxy) is 1. The molecule has 0 saturated heterocycles. The third kappa shape index (κ3) is 5.07. The van der Waals surface area contributed by atoms with Crippen LogP contribution in [0, 0.1) is 0 Å². The lowest BCUT2D eigenvalue weighted by Crippen LogP contribution is -2.13. The second kappa shape index (κ2) is 9.40. The van der Waals surface area contributed by atoms with Crippen LogP contribution in [0.3, 0.4) is 0 Å². The Balaban J connectivity index is 1.46. The van der Waals surface area contributed by atoms with Gasteiger partial charge in [0.1, 0.15) is 24.4 Å². The molecule has 0 atom stereocenters. The summed E-state index contributed by atoms with van der Waals surface area (Å²) in [5.74, 6) is 0.957. The second-order valence-corrected chi connectivity index (χ2v) is 7.67. The van der Waals surface area contributed by atoms with Gasteiger partial charge in [0.2, 0.25) is 0 Å². The first-order valence-corrected chi connectivity index (χ1v) is 10.4. The van der Waals surface area contributed by atoms with Crippen molar-refractivity contribution in [3.05, 3.63) is 72.3 Å². The van der Waals surface area contributed by atoms with Gasteiger partial charge in [0.15, 0.2) is 11.4 Å². The van der Waals surface area contributed by atoms with Crippen molar-refractivity contribution in [3.8, 4) is 5.75 Å². The predicted octanol–water partition coefficient (Wildman–Crippen LogP) is 3.49. The fourth-order valence-corrected chi connectivity index (χ4v) is 3.78. The molecule has 0 aliphatic heterocycles. The Morgan fingerprint density at radius 3 is 2.90 bits per heavy atom. The number of benzene rings is 2. The van der Waals surface area contributed by atoms with Crippen LogP contribution in [0.4, 0.5) is 5.69 Å². The van der Waals surface area contributed by atoms with E-state index in [0.717, 1.165) is 21.5 Å². The number of carbonyl (C=O) groups excluding carboxylic acids is 2. The summed E-state index contributed by atoms with van der Waals surface area (Å²) in [6, 6.07) is 14.7. The van der Waals surface area contributed by atoms with E-state index in [4.69, 9.17) is 4.74 Å². The molecular weight excluding hydrogens is 414 g/mol. The number of anilines is 1. The third-order valence-corrected chi connectivity index (χ3v) is 5.57. The number of pyridine rings is 1. The minimum absolute atomic E-state index is 0.0186. The summed E-state index contributed by atoms with van der Waals surface area (Å²) < 4.78 is 7.19. The molecule has 0 fully saturated rings. The first kappa shape index (κ1) is 20.5. The monoisotopic (exact) mass is 433 g/mol. The molecule has 0 spiro atoms. The molecule has 156 valence electrons. The van der Waals surface area contributed by atoms with Crippen LogP contribution in [0.15, 0.2) is 66.2 Å². The number of amides is 1. The Kier molecular flexibility index (Phi) is 6.23. The molecule has 0 saturated carbocycles. The van der Waals surface area contributed by atoms with Gasteiger partial charge >= 0.3 is 0 Å². The summed E-state index contributed by atoms with van der Waals surface area (Å²) >= 11 is 1.57. The van der Waals surface area contributed by atoms with Gasteiger partial charge in [-0.15, -0.1) is 10.2 Å². The maximum atomic E-state index is 12.7. The van der Waals surface area contributed by atoms with E-state index in [1.54, 1.807) is 42.5 Å². The number of hydrogen-bond acceptors (Lipinski definition) is 7. The van der Waals surface area contributed by atoms with Gasteiger partial charge in [0, 0.05) is 30.1 Å². The van der Waals surface area contributed by atoms with Crippen LogP contribution in [0.2, 0.25) is 0 Å². The molecule has 1 N–H and O–H groups in total. The molecule has 9 heteroatoms. The molecule has 0 radical (unpaired) electrons. The normalized spacial score (nSPS) is 10.7. The van der Waals surface area contributed by atoms with Crippen LogP contribution >= 0.6 is 11.8 Å². The lowest BCUT2D eigenvalue weighted by Gasteiger charge is -2.08. The van der Waals surface area contributed by atoms with Crippen LogP contribution in [-0.2, 0) is 17.6 Å². The molecule has 8 nitrogen and oxygen atoms in total. The lowest BCUT2D eigenvalue weighted by atomic mass is 10.1. The molecule has 1 amide bonds. The number of thioether (sulfide) groups is 1. The fraction of sp³-hybridized carbons (Fsp3) is 0.136. The maximum absolute atomic E-state index is 12.7. The van der Waals surface area contributed by atoms with Gasteiger partial charge in [-0.3, -0.25) is 14.6 Å². The van der Waals surface area contributed by atoms with E-state index in [0.29, 0.717) is 29.2 Å². The molecule has 2 aromatic carbocycles. The molecule has 0 bridgehead atoms. The molecule has 31 heavy (non-hydrogen) atoms. The van der Waals surface area contributed by atoms with E-state index in [9.17, 15) is 9.59 Å².